The molecular weight excluding hydrogens is 461 g/mol. The van der Waals surface area contributed by atoms with Crippen LogP contribution in [-0.4, -0.2) is 34.8 Å². The molecule has 0 atom stereocenters. The van der Waals surface area contributed by atoms with E-state index in [0.29, 0.717) is 36.8 Å². The van der Waals surface area contributed by atoms with E-state index in [1.807, 2.05) is 25.3 Å². The lowest BCUT2D eigenvalue weighted by Gasteiger charge is -2.28. The average molecular weight is 488 g/mol. The molecule has 0 saturated carbocycles. The molecule has 1 heterocycles. The van der Waals surface area contributed by atoms with Gasteiger partial charge in [-0.2, -0.15) is 0 Å². The summed E-state index contributed by atoms with van der Waals surface area (Å²) in [6, 6.07) is 14.6. The van der Waals surface area contributed by atoms with Gasteiger partial charge in [0.15, 0.2) is 0 Å². The summed E-state index contributed by atoms with van der Waals surface area (Å²) < 4.78 is 13.4. The fraction of sp³-hybridized carbons (Fsp3) is 0.280. The van der Waals surface area contributed by atoms with Gasteiger partial charge in [0, 0.05) is 28.7 Å². The van der Waals surface area contributed by atoms with Crippen molar-refractivity contribution in [2.24, 2.45) is 0 Å². The van der Waals surface area contributed by atoms with Crippen molar-refractivity contribution in [2.45, 2.75) is 33.4 Å². The number of carbonyl (C=O) groups is 2. The summed E-state index contributed by atoms with van der Waals surface area (Å²) in [6.07, 6.45) is 0.712. The number of anilines is 1. The number of carbonyl (C=O) groups excluding carboxylic acids is 2. The summed E-state index contributed by atoms with van der Waals surface area (Å²) >= 11 is 7.50. The topological polar surface area (TPSA) is 52.7 Å². The van der Waals surface area contributed by atoms with Crippen molar-refractivity contribution in [3.05, 3.63) is 86.8 Å². The number of urea groups is 1. The molecule has 2 aromatic carbocycles. The van der Waals surface area contributed by atoms with E-state index in [-0.39, 0.29) is 24.3 Å². The largest absolute Gasteiger partial charge is 0.332 e. The zero-order valence-corrected chi connectivity index (χ0v) is 20.3. The van der Waals surface area contributed by atoms with Gasteiger partial charge in [-0.25, -0.2) is 9.18 Å². The molecule has 5 nitrogen and oxygen atoms in total. The number of benzene rings is 2. The highest BCUT2D eigenvalue weighted by Gasteiger charge is 2.22. The Kier molecular flexibility index (Phi) is 8.86. The Morgan fingerprint density at radius 3 is 2.30 bits per heavy atom. The first-order valence-corrected chi connectivity index (χ1v) is 12.0. The third-order valence-corrected chi connectivity index (χ3v) is 6.40. The van der Waals surface area contributed by atoms with Crippen LogP contribution in [0.4, 0.5) is 14.9 Å². The van der Waals surface area contributed by atoms with Crippen LogP contribution in [0.2, 0.25) is 5.02 Å². The van der Waals surface area contributed by atoms with Crippen LogP contribution >= 0.6 is 22.9 Å². The molecule has 0 saturated heterocycles. The first-order chi connectivity index (χ1) is 15.9. The fourth-order valence-corrected chi connectivity index (χ4v) is 4.35. The van der Waals surface area contributed by atoms with Gasteiger partial charge >= 0.3 is 6.03 Å². The molecule has 1 aromatic heterocycles. The zero-order chi connectivity index (χ0) is 23.8. The van der Waals surface area contributed by atoms with E-state index in [2.05, 4.69) is 5.32 Å². The number of thiophene rings is 1. The average Bonchev–Trinajstić information content (AvgIpc) is 3.20. The van der Waals surface area contributed by atoms with Gasteiger partial charge in [0.2, 0.25) is 5.91 Å². The van der Waals surface area contributed by atoms with E-state index < -0.39 is 0 Å². The summed E-state index contributed by atoms with van der Waals surface area (Å²) in [5.74, 6) is -0.495. The third-order valence-electron chi connectivity index (χ3n) is 5.14. The van der Waals surface area contributed by atoms with E-state index in [4.69, 9.17) is 11.6 Å². The standard InChI is InChI=1S/C25H27ClFN3O2S/c1-3-13-29(25(32)28-22-10-6-20(26)7-11-22)17-24(31)30(16-23-18(2)12-14-33-23)15-19-4-8-21(27)9-5-19/h4-12,14H,3,13,15-17H2,1-2H3,(H,28,32). The van der Waals surface area contributed by atoms with Crippen molar-refractivity contribution in [3.63, 3.8) is 0 Å². The monoisotopic (exact) mass is 487 g/mol. The molecule has 0 fully saturated rings. The Hall–Kier alpha value is -2.90. The first kappa shape index (κ1) is 24.7. The van der Waals surface area contributed by atoms with Gasteiger partial charge in [-0.15, -0.1) is 11.3 Å². The summed E-state index contributed by atoms with van der Waals surface area (Å²) in [4.78, 5) is 30.5. The minimum Gasteiger partial charge on any atom is -0.332 e. The molecule has 0 aliphatic heterocycles. The molecule has 0 spiro atoms. The van der Waals surface area contributed by atoms with E-state index >= 15 is 0 Å². The maximum absolute atomic E-state index is 13.4. The fourth-order valence-electron chi connectivity index (χ4n) is 3.30. The third kappa shape index (κ3) is 7.30. The number of halogens is 2. The van der Waals surface area contributed by atoms with Gasteiger partial charge in [0.25, 0.3) is 0 Å². The van der Waals surface area contributed by atoms with Crippen molar-refractivity contribution in [3.8, 4) is 0 Å². The second kappa shape index (κ2) is 11.8. The molecular formula is C25H27ClFN3O2S. The van der Waals surface area contributed by atoms with Crippen LogP contribution < -0.4 is 5.32 Å². The second-order valence-electron chi connectivity index (χ2n) is 7.76. The number of amides is 3. The summed E-state index contributed by atoms with van der Waals surface area (Å²) in [5, 5.41) is 5.40. The lowest BCUT2D eigenvalue weighted by atomic mass is 10.2. The lowest BCUT2D eigenvalue weighted by Crippen LogP contribution is -2.44. The Balaban J connectivity index is 1.75. The summed E-state index contributed by atoms with van der Waals surface area (Å²) in [5.41, 5.74) is 2.55. The molecule has 3 rings (SSSR count). The number of nitrogens with one attached hydrogen (secondary N) is 1. The van der Waals surface area contributed by atoms with Crippen LogP contribution in [0.15, 0.2) is 60.0 Å². The van der Waals surface area contributed by atoms with Gasteiger partial charge in [0.1, 0.15) is 12.4 Å². The van der Waals surface area contributed by atoms with Gasteiger partial charge in [-0.1, -0.05) is 30.7 Å². The van der Waals surface area contributed by atoms with E-state index in [1.54, 1.807) is 52.6 Å². The number of rotatable bonds is 9. The quantitative estimate of drug-likeness (QED) is 0.384. The van der Waals surface area contributed by atoms with Crippen LogP contribution in [0.1, 0.15) is 29.3 Å². The Labute approximate surface area is 202 Å². The minimum absolute atomic E-state index is 0.0567. The van der Waals surface area contributed by atoms with Crippen molar-refractivity contribution >= 4 is 40.6 Å². The van der Waals surface area contributed by atoms with Crippen molar-refractivity contribution in [2.75, 3.05) is 18.4 Å². The molecule has 3 amide bonds. The number of hydrogen-bond donors (Lipinski definition) is 1. The van der Waals surface area contributed by atoms with Gasteiger partial charge in [0.05, 0.1) is 6.54 Å². The number of aryl methyl sites for hydroxylation is 1. The summed E-state index contributed by atoms with van der Waals surface area (Å²) in [7, 11) is 0. The SMILES string of the molecule is CCCN(CC(=O)N(Cc1ccc(F)cc1)Cc1sccc1C)C(=O)Nc1ccc(Cl)cc1. The molecule has 33 heavy (non-hydrogen) atoms. The molecule has 1 N–H and O–H groups in total. The maximum Gasteiger partial charge on any atom is 0.322 e. The highest BCUT2D eigenvalue weighted by molar-refractivity contribution is 7.10. The molecule has 0 unspecified atom stereocenters. The maximum atomic E-state index is 13.4. The normalized spacial score (nSPS) is 10.7. The Bertz CT molecular complexity index is 1070. The second-order valence-corrected chi connectivity index (χ2v) is 9.20. The van der Waals surface area contributed by atoms with E-state index in [1.165, 1.54) is 17.0 Å². The molecule has 0 aliphatic rings. The highest BCUT2D eigenvalue weighted by Crippen LogP contribution is 2.20. The smallest absolute Gasteiger partial charge is 0.322 e. The summed E-state index contributed by atoms with van der Waals surface area (Å²) in [6.45, 7) is 5.10. The molecule has 0 radical (unpaired) electrons. The van der Waals surface area contributed by atoms with Crippen LogP contribution in [-0.2, 0) is 17.9 Å². The highest BCUT2D eigenvalue weighted by atomic mass is 35.5. The van der Waals surface area contributed by atoms with Crippen LogP contribution in [0.5, 0.6) is 0 Å². The minimum atomic E-state index is -0.346. The molecule has 0 bridgehead atoms. The zero-order valence-electron chi connectivity index (χ0n) is 18.7. The Morgan fingerprint density at radius 2 is 1.70 bits per heavy atom. The van der Waals surface area contributed by atoms with Crippen LogP contribution in [0.25, 0.3) is 0 Å². The first-order valence-electron chi connectivity index (χ1n) is 10.7. The van der Waals surface area contributed by atoms with Crippen molar-refractivity contribution in [1.29, 1.82) is 0 Å². The van der Waals surface area contributed by atoms with Crippen molar-refractivity contribution < 1.29 is 14.0 Å². The van der Waals surface area contributed by atoms with Crippen LogP contribution in [0, 0.1) is 12.7 Å². The Morgan fingerprint density at radius 1 is 1.00 bits per heavy atom. The molecule has 8 heteroatoms. The number of hydrogen-bond acceptors (Lipinski definition) is 3. The number of nitrogens with zero attached hydrogens (tertiary/aromatic N) is 2. The predicted molar refractivity (Wildman–Crippen MR) is 132 cm³/mol. The van der Waals surface area contributed by atoms with Gasteiger partial charge < -0.3 is 15.1 Å². The molecule has 0 aliphatic carbocycles. The molecule has 174 valence electrons. The van der Waals surface area contributed by atoms with Gasteiger partial charge in [-0.3, -0.25) is 4.79 Å². The van der Waals surface area contributed by atoms with Crippen molar-refractivity contribution in [1.82, 2.24) is 9.80 Å². The molecule has 3 aromatic rings. The lowest BCUT2D eigenvalue weighted by molar-refractivity contribution is -0.133. The van der Waals surface area contributed by atoms with E-state index in [0.717, 1.165) is 16.0 Å². The van der Waals surface area contributed by atoms with Crippen LogP contribution in [0.3, 0.4) is 0 Å². The predicted octanol–water partition coefficient (Wildman–Crippen LogP) is 6.32. The van der Waals surface area contributed by atoms with E-state index in [9.17, 15) is 14.0 Å². The van der Waals surface area contributed by atoms with Gasteiger partial charge in [-0.05, 0) is 72.3 Å².